The van der Waals surface area contributed by atoms with E-state index in [2.05, 4.69) is 0 Å². The van der Waals surface area contributed by atoms with Crippen LogP contribution in [0.5, 0.6) is 0 Å². The van der Waals surface area contributed by atoms with Gasteiger partial charge >= 0.3 is 66.3 Å². The predicted molar refractivity (Wildman–Crippen MR) is 36.8 cm³/mol. The summed E-state index contributed by atoms with van der Waals surface area (Å²) in [5, 5.41) is 0.806. The van der Waals surface area contributed by atoms with Gasteiger partial charge in [-0.15, -0.1) is 0 Å². The van der Waals surface area contributed by atoms with E-state index in [4.69, 9.17) is 11.6 Å². The van der Waals surface area contributed by atoms with Crippen LogP contribution < -0.4 is 27.7 Å². The van der Waals surface area contributed by atoms with E-state index < -0.39 is 0 Å². The second-order valence-electron chi connectivity index (χ2n) is 1.63. The molecule has 0 saturated carbocycles. The third-order valence-electron chi connectivity index (χ3n) is 0.913. The molecule has 1 rings (SSSR count). The molecule has 1 aromatic rings. The molecule has 0 radical (unpaired) electrons. The van der Waals surface area contributed by atoms with Gasteiger partial charge in [0.05, 0.1) is 0 Å². The van der Waals surface area contributed by atoms with Crippen LogP contribution in [0.4, 0.5) is 0 Å². The van der Waals surface area contributed by atoms with Crippen molar-refractivity contribution < 1.29 is 24.0 Å². The molecule has 0 spiro atoms. The average Bonchev–Trinajstić information content (AvgIpc) is 1.77. The van der Waals surface area contributed by atoms with Crippen molar-refractivity contribution in [3.05, 3.63) is 29.3 Å². The van der Waals surface area contributed by atoms with Gasteiger partial charge in [0.25, 0.3) is 0 Å². The maximum absolute atomic E-state index is 5.61. The quantitative estimate of drug-likeness (QED) is 0.380. The summed E-state index contributed by atoms with van der Waals surface area (Å²) in [4.78, 5) is 0. The van der Waals surface area contributed by atoms with E-state index >= 15 is 0 Å². The Balaban J connectivity index is 0.000000640. The topological polar surface area (TPSA) is 0 Å². The Labute approximate surface area is 89.4 Å². The summed E-state index contributed by atoms with van der Waals surface area (Å²) in [6, 6.07) is 7.79. The van der Waals surface area contributed by atoms with Crippen molar-refractivity contribution in [2.45, 2.75) is 0 Å². The first kappa shape index (κ1) is 10.0. The van der Waals surface area contributed by atoms with Crippen LogP contribution in [0.15, 0.2) is 24.3 Å². The van der Waals surface area contributed by atoms with Crippen molar-refractivity contribution in [2.75, 3.05) is 0 Å². The van der Waals surface area contributed by atoms with Crippen molar-refractivity contribution in [1.82, 2.24) is 0 Å². The van der Waals surface area contributed by atoms with Gasteiger partial charge in [-0.2, -0.15) is 0 Å². The summed E-state index contributed by atoms with van der Waals surface area (Å²) in [6.07, 6.45) is 0. The Bertz CT molecular complexity index is 152. The predicted octanol–water partition coefficient (Wildman–Crippen LogP) is -1.86. The molecular formula is C6H4ClIMg. The molecule has 0 aliphatic rings. The second kappa shape index (κ2) is 4.77. The molecular weight excluding hydrogens is 259 g/mol. The van der Waals surface area contributed by atoms with Crippen LogP contribution in [0, 0.1) is 0 Å². The number of hydrogen-bond donors (Lipinski definition) is 0. The van der Waals surface area contributed by atoms with Gasteiger partial charge in [0.1, 0.15) is 0 Å². The van der Waals surface area contributed by atoms with Crippen molar-refractivity contribution in [3.63, 3.8) is 0 Å². The summed E-state index contributed by atoms with van der Waals surface area (Å²) in [6.45, 7) is 0. The molecule has 0 N–H and O–H groups in total. The zero-order chi connectivity index (χ0) is 5.98. The Morgan fingerprint density at radius 3 is 1.89 bits per heavy atom. The van der Waals surface area contributed by atoms with Gasteiger partial charge in [-0.05, 0) is 0 Å². The van der Waals surface area contributed by atoms with Crippen LogP contribution in [-0.2, 0) is 0 Å². The molecule has 0 unspecified atom stereocenters. The molecule has 0 heterocycles. The van der Waals surface area contributed by atoms with E-state index in [1.807, 2.05) is 46.0 Å². The Kier molecular flexibility index (Phi) is 5.30. The van der Waals surface area contributed by atoms with Gasteiger partial charge in [-0.3, -0.25) is 0 Å². The SMILES string of the molecule is [I-].[Mg+][c]1ccc(Cl)cc1. The fourth-order valence-electron chi connectivity index (χ4n) is 0.484. The monoisotopic (exact) mass is 262 g/mol. The van der Waals surface area contributed by atoms with E-state index in [0.717, 1.165) is 5.02 Å². The van der Waals surface area contributed by atoms with Crippen LogP contribution in [0.3, 0.4) is 0 Å². The van der Waals surface area contributed by atoms with E-state index in [0.29, 0.717) is 0 Å². The van der Waals surface area contributed by atoms with Gasteiger partial charge in [0.2, 0.25) is 0 Å². The van der Waals surface area contributed by atoms with Crippen LogP contribution >= 0.6 is 11.6 Å². The van der Waals surface area contributed by atoms with Gasteiger partial charge in [0, 0.05) is 0 Å². The molecule has 0 aliphatic heterocycles. The van der Waals surface area contributed by atoms with Crippen LogP contribution in [0.2, 0.25) is 5.02 Å². The summed E-state index contributed by atoms with van der Waals surface area (Å²) >= 11 is 7.47. The standard InChI is InChI=1S/C6H4Cl.HI.Mg/c7-6-4-2-1-3-5-6;;/h2-5H;1H;/q;;+1/p-1. The zero-order valence-electron chi connectivity index (χ0n) is 4.77. The first-order chi connectivity index (χ1) is 3.79. The minimum absolute atomic E-state index is 0. The van der Waals surface area contributed by atoms with Crippen LogP contribution in [0.1, 0.15) is 0 Å². The Hall–Kier alpha value is 1.01. The number of benzene rings is 1. The van der Waals surface area contributed by atoms with Crippen LogP contribution in [-0.4, -0.2) is 21.7 Å². The number of rotatable bonds is 0. The van der Waals surface area contributed by atoms with Gasteiger partial charge in [-0.25, -0.2) is 0 Å². The van der Waals surface area contributed by atoms with E-state index in [9.17, 15) is 0 Å². The molecule has 0 atom stereocenters. The molecule has 0 aliphatic carbocycles. The first-order valence-corrected chi connectivity index (χ1v) is 3.45. The maximum atomic E-state index is 5.61. The van der Waals surface area contributed by atoms with E-state index in [1.165, 1.54) is 3.69 Å². The van der Waals surface area contributed by atoms with Crippen molar-refractivity contribution in [3.8, 4) is 0 Å². The van der Waals surface area contributed by atoms with E-state index in [-0.39, 0.29) is 24.0 Å². The molecule has 0 bridgehead atoms. The van der Waals surface area contributed by atoms with Crippen molar-refractivity contribution in [2.24, 2.45) is 0 Å². The molecule has 1 aromatic carbocycles. The molecule has 9 heavy (non-hydrogen) atoms. The molecule has 0 aromatic heterocycles. The first-order valence-electron chi connectivity index (χ1n) is 2.36. The summed E-state index contributed by atoms with van der Waals surface area (Å²) in [5.41, 5.74) is 0. The summed E-state index contributed by atoms with van der Waals surface area (Å²) in [5.74, 6) is 0. The van der Waals surface area contributed by atoms with Crippen LogP contribution in [0.25, 0.3) is 0 Å². The molecule has 44 valence electrons. The Morgan fingerprint density at radius 1 is 1.11 bits per heavy atom. The normalized spacial score (nSPS) is 8.33. The average molecular weight is 263 g/mol. The summed E-state index contributed by atoms with van der Waals surface area (Å²) < 4.78 is 1.27. The van der Waals surface area contributed by atoms with Gasteiger partial charge in [-0.1, -0.05) is 0 Å². The molecule has 0 fully saturated rings. The molecule has 3 heteroatoms. The third kappa shape index (κ3) is 3.65. The van der Waals surface area contributed by atoms with E-state index in [1.54, 1.807) is 0 Å². The molecule has 0 nitrogen and oxygen atoms in total. The van der Waals surface area contributed by atoms with Crippen molar-refractivity contribution in [1.29, 1.82) is 0 Å². The minimum atomic E-state index is 0. The zero-order valence-corrected chi connectivity index (χ0v) is 9.10. The summed E-state index contributed by atoms with van der Waals surface area (Å²) in [7, 11) is 0. The van der Waals surface area contributed by atoms with Gasteiger partial charge in [0.15, 0.2) is 0 Å². The second-order valence-corrected chi connectivity index (χ2v) is 2.88. The molecule has 0 saturated heterocycles. The third-order valence-corrected chi connectivity index (χ3v) is 1.64. The number of halogens is 2. The molecule has 0 amide bonds. The Morgan fingerprint density at radius 2 is 1.56 bits per heavy atom. The fraction of sp³-hybridized carbons (Fsp3) is 0. The van der Waals surface area contributed by atoms with Gasteiger partial charge < -0.3 is 24.0 Å². The van der Waals surface area contributed by atoms with Crippen molar-refractivity contribution >= 4 is 37.0 Å². The fourth-order valence-corrected chi connectivity index (χ4v) is 0.846. The number of hydrogen-bond acceptors (Lipinski definition) is 0.